The normalized spacial score (nSPS) is 17.3. The summed E-state index contributed by atoms with van der Waals surface area (Å²) in [7, 11) is 3.13. The van der Waals surface area contributed by atoms with E-state index in [2.05, 4.69) is 22.1 Å². The van der Waals surface area contributed by atoms with Gasteiger partial charge in [-0.2, -0.15) is 18.4 Å². The molecule has 0 amide bonds. The number of nitriles is 1. The maximum Gasteiger partial charge on any atom is 0.425 e. The minimum atomic E-state index is -4.68. The number of amidine groups is 1. The van der Waals surface area contributed by atoms with Crippen LogP contribution in [0.15, 0.2) is 114 Å². The molecule has 6 rings (SSSR count). The summed E-state index contributed by atoms with van der Waals surface area (Å²) >= 11 is 1.27. The van der Waals surface area contributed by atoms with Crippen molar-refractivity contribution >= 4 is 17.4 Å². The van der Waals surface area contributed by atoms with E-state index in [9.17, 15) is 13.2 Å². The van der Waals surface area contributed by atoms with Crippen molar-refractivity contribution < 1.29 is 27.4 Å². The van der Waals surface area contributed by atoms with E-state index in [0.29, 0.717) is 44.3 Å². The van der Waals surface area contributed by atoms with Crippen molar-refractivity contribution in [1.29, 1.82) is 5.26 Å². The molecule has 252 valence electrons. The molecule has 1 aliphatic heterocycles. The van der Waals surface area contributed by atoms with Gasteiger partial charge in [-0.1, -0.05) is 60.5 Å². The van der Waals surface area contributed by atoms with E-state index >= 15 is 0 Å². The molecule has 2 aromatic heterocycles. The van der Waals surface area contributed by atoms with Crippen molar-refractivity contribution in [2.75, 3.05) is 14.2 Å². The van der Waals surface area contributed by atoms with Crippen LogP contribution in [0.3, 0.4) is 0 Å². The Kier molecular flexibility index (Phi) is 9.54. The molecule has 50 heavy (non-hydrogen) atoms. The van der Waals surface area contributed by atoms with Gasteiger partial charge in [0.15, 0.2) is 6.10 Å². The highest BCUT2D eigenvalue weighted by molar-refractivity contribution is 7.10. The minimum Gasteiger partial charge on any atom is -0.497 e. The van der Waals surface area contributed by atoms with Crippen molar-refractivity contribution in [3.63, 3.8) is 0 Å². The average Bonchev–Trinajstić information content (AvgIpc) is 3.63. The zero-order chi connectivity index (χ0) is 35.4. The Balaban J connectivity index is 1.47. The number of pyridine rings is 1. The van der Waals surface area contributed by atoms with Crippen LogP contribution in [0.25, 0.3) is 0 Å². The highest BCUT2D eigenvalue weighted by Gasteiger charge is 2.51. The lowest BCUT2D eigenvalue weighted by Gasteiger charge is -2.42. The number of nitrogens with zero attached hydrogens (tertiary/aromatic N) is 3. The second-order valence-electron chi connectivity index (χ2n) is 11.7. The molecule has 0 fully saturated rings. The highest BCUT2D eigenvalue weighted by Crippen LogP contribution is 2.44. The molecule has 0 bridgehead atoms. The number of thiophene rings is 1. The van der Waals surface area contributed by atoms with E-state index in [1.807, 2.05) is 60.7 Å². The Morgan fingerprint density at radius 2 is 1.48 bits per heavy atom. The van der Waals surface area contributed by atoms with Gasteiger partial charge in [0.25, 0.3) is 6.02 Å². The quantitative estimate of drug-likeness (QED) is 0.138. The summed E-state index contributed by atoms with van der Waals surface area (Å²) in [4.78, 5) is 9.64. The lowest BCUT2D eigenvalue weighted by Crippen LogP contribution is -2.54. The Morgan fingerprint density at radius 1 is 0.860 bits per heavy atom. The van der Waals surface area contributed by atoms with Crippen LogP contribution >= 0.6 is 11.3 Å². The molecule has 0 radical (unpaired) electrons. The Labute approximate surface area is 292 Å². The predicted molar refractivity (Wildman–Crippen MR) is 185 cm³/mol. The Morgan fingerprint density at radius 3 is 2.02 bits per heavy atom. The summed E-state index contributed by atoms with van der Waals surface area (Å²) in [6, 6.07) is 30.8. The first-order valence-corrected chi connectivity index (χ1v) is 16.4. The number of nitrogens with one attached hydrogen (secondary N) is 1. The number of hydrogen-bond acceptors (Lipinski definition) is 8. The second kappa shape index (κ2) is 14.0. The van der Waals surface area contributed by atoms with Crippen molar-refractivity contribution in [2.45, 2.75) is 36.7 Å². The van der Waals surface area contributed by atoms with E-state index < -0.39 is 29.8 Å². The molecule has 5 aromatic rings. The molecule has 1 N–H and O–H groups in total. The lowest BCUT2D eigenvalue weighted by atomic mass is 9.77. The first-order valence-electron chi connectivity index (χ1n) is 15.5. The molecule has 0 aliphatic carbocycles. The number of hydrogen-bond donors (Lipinski definition) is 1. The summed E-state index contributed by atoms with van der Waals surface area (Å²) in [6.45, 7) is 1.67. The van der Waals surface area contributed by atoms with Gasteiger partial charge in [-0.05, 0) is 72.0 Å². The topological polar surface area (TPSA) is 88.8 Å². The van der Waals surface area contributed by atoms with Crippen molar-refractivity contribution in [2.24, 2.45) is 4.99 Å². The van der Waals surface area contributed by atoms with Gasteiger partial charge in [0, 0.05) is 28.4 Å². The summed E-state index contributed by atoms with van der Waals surface area (Å²) in [5, 5.41) is 14.2. The number of methoxy groups -OCH3 is 2. The molecule has 0 saturated carbocycles. The Bertz CT molecular complexity index is 2030. The van der Waals surface area contributed by atoms with Crippen LogP contribution in [0.2, 0.25) is 0 Å². The summed E-state index contributed by atoms with van der Waals surface area (Å²) in [5.74, 6) is 7.21. The van der Waals surface area contributed by atoms with Gasteiger partial charge in [0.2, 0.25) is 0 Å². The van der Waals surface area contributed by atoms with E-state index in [4.69, 9.17) is 24.5 Å². The molecule has 7 nitrogen and oxygen atoms in total. The van der Waals surface area contributed by atoms with Crippen molar-refractivity contribution in [1.82, 2.24) is 10.3 Å². The Hall–Kier alpha value is -5.78. The number of aliphatic imine (C=N–C) groups is 1. The van der Waals surface area contributed by atoms with Crippen molar-refractivity contribution in [3.05, 3.63) is 147 Å². The second-order valence-corrected chi connectivity index (χ2v) is 12.6. The fourth-order valence-electron chi connectivity index (χ4n) is 5.83. The minimum absolute atomic E-state index is 0.264. The zero-order valence-corrected chi connectivity index (χ0v) is 28.1. The molecule has 0 unspecified atom stereocenters. The third-order valence-corrected chi connectivity index (χ3v) is 9.64. The molecule has 11 heteroatoms. The van der Waals surface area contributed by atoms with Crippen LogP contribution in [0, 0.1) is 23.2 Å². The predicted octanol–water partition coefficient (Wildman–Crippen LogP) is 7.94. The van der Waals surface area contributed by atoms with E-state index in [0.717, 1.165) is 5.56 Å². The third-order valence-electron chi connectivity index (χ3n) is 8.46. The number of halogens is 3. The lowest BCUT2D eigenvalue weighted by molar-refractivity contribution is -0.208. The molecular weight excluding hydrogens is 662 g/mol. The van der Waals surface area contributed by atoms with Crippen LogP contribution < -0.4 is 14.8 Å². The standard InChI is InChI=1S/C39H31F3N4O3S/c1-37(35-21-26(25-50-35)9-15-31-16-10-27(23-43)24-44-31)22-34(39(40,41)42)49-36(45-37)46-38(28-7-5-4-6-8-28,29-11-17-32(47-2)18-12-29)30-13-19-33(48-3)20-14-30/h4-8,10-14,16-21,24-25,34H,22H2,1-3H3,(H,45,46)/t34-,37-/m0/s1. The average molecular weight is 693 g/mol. The highest BCUT2D eigenvalue weighted by atomic mass is 32.1. The van der Waals surface area contributed by atoms with E-state index in [-0.39, 0.29) is 6.02 Å². The van der Waals surface area contributed by atoms with Crippen LogP contribution in [-0.2, 0) is 15.8 Å². The van der Waals surface area contributed by atoms with E-state index in [1.165, 1.54) is 17.5 Å². The zero-order valence-electron chi connectivity index (χ0n) is 27.3. The monoisotopic (exact) mass is 692 g/mol. The first kappa shape index (κ1) is 34.1. The maximum absolute atomic E-state index is 14.6. The molecule has 2 atom stereocenters. The van der Waals surface area contributed by atoms with Gasteiger partial charge in [0.05, 0.1) is 19.8 Å². The molecule has 0 saturated heterocycles. The van der Waals surface area contributed by atoms with Crippen LogP contribution in [-0.4, -0.2) is 37.5 Å². The number of ether oxygens (including phenoxy) is 3. The molecule has 0 spiro atoms. The maximum atomic E-state index is 14.6. The fraction of sp³-hybridized carbons (Fsp3) is 0.205. The van der Waals surface area contributed by atoms with Gasteiger partial charge in [-0.15, -0.1) is 11.3 Å². The summed E-state index contributed by atoms with van der Waals surface area (Å²) in [6.07, 6.45) is -5.83. The van der Waals surface area contributed by atoms with Gasteiger partial charge in [0.1, 0.15) is 34.3 Å². The molecule has 3 heterocycles. The molecule has 3 aromatic carbocycles. The third kappa shape index (κ3) is 7.00. The van der Waals surface area contributed by atoms with Gasteiger partial charge >= 0.3 is 6.18 Å². The summed E-state index contributed by atoms with van der Waals surface area (Å²) < 4.78 is 60.4. The van der Waals surface area contributed by atoms with E-state index in [1.54, 1.807) is 69.0 Å². The number of alkyl halides is 3. The number of benzene rings is 3. The van der Waals surface area contributed by atoms with Gasteiger partial charge in [-0.3, -0.25) is 0 Å². The largest absolute Gasteiger partial charge is 0.497 e. The molecular formula is C39H31F3N4O3S. The fourth-order valence-corrected chi connectivity index (χ4v) is 6.79. The van der Waals surface area contributed by atoms with Crippen molar-refractivity contribution in [3.8, 4) is 29.4 Å². The SMILES string of the molecule is COc1ccc(C(NC2=N[C@](C)(c3cc(C#Cc4ccc(C#N)cn4)cs3)C[C@@H](C(F)(F)F)O2)(c2ccccc2)c2ccc(OC)cc2)cc1. The number of rotatable bonds is 7. The van der Waals surface area contributed by atoms with Gasteiger partial charge in [-0.25, -0.2) is 9.98 Å². The molecule has 1 aliphatic rings. The summed E-state index contributed by atoms with van der Waals surface area (Å²) in [5.41, 5.74) is 1.06. The van der Waals surface area contributed by atoms with Crippen LogP contribution in [0.5, 0.6) is 11.5 Å². The van der Waals surface area contributed by atoms with Gasteiger partial charge < -0.3 is 19.5 Å². The first-order chi connectivity index (χ1) is 24.1. The number of aromatic nitrogens is 1. The smallest absolute Gasteiger partial charge is 0.425 e. The van der Waals surface area contributed by atoms with Crippen LogP contribution in [0.4, 0.5) is 13.2 Å². The van der Waals surface area contributed by atoms with Crippen LogP contribution in [0.1, 0.15) is 51.7 Å².